The molecule has 0 saturated heterocycles. The lowest BCUT2D eigenvalue weighted by Gasteiger charge is -2.09. The van der Waals surface area contributed by atoms with Crippen LogP contribution in [0.2, 0.25) is 0 Å². The molecule has 3 nitrogen and oxygen atoms in total. The minimum absolute atomic E-state index is 0.210. The Bertz CT molecular complexity index is 675. The Hall–Kier alpha value is -2.14. The number of rotatable bonds is 14. The molecule has 29 heavy (non-hydrogen) atoms. The zero-order chi connectivity index (χ0) is 20.9. The van der Waals surface area contributed by atoms with E-state index in [0.717, 1.165) is 87.1 Å². The van der Waals surface area contributed by atoms with Crippen molar-refractivity contribution in [2.45, 2.75) is 51.4 Å². The van der Waals surface area contributed by atoms with E-state index in [2.05, 4.69) is 5.32 Å². The third-order valence-electron chi connectivity index (χ3n) is 5.08. The van der Waals surface area contributed by atoms with Crippen molar-refractivity contribution < 1.29 is 18.3 Å². The highest BCUT2D eigenvalue weighted by molar-refractivity contribution is 5.34. The third kappa shape index (κ3) is 8.40. The summed E-state index contributed by atoms with van der Waals surface area (Å²) >= 11 is 0. The first kappa shape index (κ1) is 23.1. The topological polar surface area (TPSA) is 30.5 Å². The maximum atomic E-state index is 13.4. The Balaban J connectivity index is 1.49. The molecular formula is C24H33F2NO2. The van der Waals surface area contributed by atoms with Crippen LogP contribution in [0.3, 0.4) is 0 Å². The summed E-state index contributed by atoms with van der Waals surface area (Å²) in [6, 6.07) is 9.38. The molecule has 0 radical (unpaired) electrons. The molecule has 2 aromatic rings. The van der Waals surface area contributed by atoms with Gasteiger partial charge in [0.2, 0.25) is 0 Å². The van der Waals surface area contributed by atoms with Crippen molar-refractivity contribution in [1.82, 2.24) is 5.32 Å². The predicted molar refractivity (Wildman–Crippen MR) is 114 cm³/mol. The number of ether oxygens (including phenoxy) is 2. The minimum atomic E-state index is -0.210. The molecule has 0 heterocycles. The Morgan fingerprint density at radius 3 is 1.52 bits per heavy atom. The SMILES string of the molecule is COc1ccc(F)cc1CCCCCNCCCCCc1cc(F)ccc1OC. The summed E-state index contributed by atoms with van der Waals surface area (Å²) in [5.74, 6) is 1.11. The van der Waals surface area contributed by atoms with Crippen LogP contribution in [0.25, 0.3) is 0 Å². The van der Waals surface area contributed by atoms with Crippen LogP contribution in [0.4, 0.5) is 8.78 Å². The zero-order valence-electron chi connectivity index (χ0n) is 17.6. The largest absolute Gasteiger partial charge is 0.496 e. The fraction of sp³-hybridized carbons (Fsp3) is 0.500. The lowest BCUT2D eigenvalue weighted by atomic mass is 10.1. The monoisotopic (exact) mass is 405 g/mol. The highest BCUT2D eigenvalue weighted by atomic mass is 19.1. The molecule has 5 heteroatoms. The van der Waals surface area contributed by atoms with E-state index in [1.165, 1.54) is 12.1 Å². The van der Waals surface area contributed by atoms with Gasteiger partial charge in [-0.05, 0) is 99.1 Å². The van der Waals surface area contributed by atoms with Crippen molar-refractivity contribution in [2.24, 2.45) is 0 Å². The van der Waals surface area contributed by atoms with Gasteiger partial charge in [-0.15, -0.1) is 0 Å². The van der Waals surface area contributed by atoms with Crippen molar-refractivity contribution in [3.8, 4) is 11.5 Å². The van der Waals surface area contributed by atoms with Crippen LogP contribution in [0.15, 0.2) is 36.4 Å². The molecule has 0 aliphatic carbocycles. The number of nitrogens with one attached hydrogen (secondary N) is 1. The van der Waals surface area contributed by atoms with E-state index in [9.17, 15) is 8.78 Å². The first-order valence-electron chi connectivity index (χ1n) is 10.5. The second kappa shape index (κ2) is 13.2. The van der Waals surface area contributed by atoms with Gasteiger partial charge in [0, 0.05) is 0 Å². The summed E-state index contributed by atoms with van der Waals surface area (Å²) in [4.78, 5) is 0. The van der Waals surface area contributed by atoms with Gasteiger partial charge < -0.3 is 14.8 Å². The van der Waals surface area contributed by atoms with Crippen LogP contribution >= 0.6 is 0 Å². The highest BCUT2D eigenvalue weighted by Gasteiger charge is 2.05. The first-order chi connectivity index (χ1) is 14.1. The molecule has 0 amide bonds. The second-order valence-electron chi connectivity index (χ2n) is 7.28. The summed E-state index contributed by atoms with van der Waals surface area (Å²) in [5, 5.41) is 3.48. The Morgan fingerprint density at radius 2 is 1.10 bits per heavy atom. The molecule has 0 aliphatic heterocycles. The summed E-state index contributed by atoms with van der Waals surface area (Å²) in [5.41, 5.74) is 1.88. The van der Waals surface area contributed by atoms with E-state index in [4.69, 9.17) is 9.47 Å². The van der Waals surface area contributed by atoms with Gasteiger partial charge in [0.05, 0.1) is 14.2 Å². The van der Waals surface area contributed by atoms with Crippen molar-refractivity contribution >= 4 is 0 Å². The minimum Gasteiger partial charge on any atom is -0.496 e. The van der Waals surface area contributed by atoms with E-state index < -0.39 is 0 Å². The summed E-state index contributed by atoms with van der Waals surface area (Å²) in [6.07, 6.45) is 8.15. The van der Waals surface area contributed by atoms with Crippen molar-refractivity contribution in [1.29, 1.82) is 0 Å². The molecule has 1 N–H and O–H groups in total. The van der Waals surface area contributed by atoms with Crippen LogP contribution in [-0.4, -0.2) is 27.3 Å². The van der Waals surface area contributed by atoms with Gasteiger partial charge in [-0.1, -0.05) is 12.8 Å². The van der Waals surface area contributed by atoms with Crippen LogP contribution in [0.1, 0.15) is 49.7 Å². The molecule has 0 aliphatic rings. The number of benzene rings is 2. The molecule has 0 atom stereocenters. The molecule has 0 fully saturated rings. The molecule has 2 aromatic carbocycles. The number of halogens is 2. The van der Waals surface area contributed by atoms with Gasteiger partial charge >= 0.3 is 0 Å². The Kier molecular flexibility index (Phi) is 10.5. The van der Waals surface area contributed by atoms with Crippen LogP contribution in [0, 0.1) is 11.6 Å². The molecule has 0 aromatic heterocycles. The standard InChI is InChI=1S/C24H33F2NO2/c1-28-23-13-11-21(25)17-19(23)9-5-3-7-15-27-16-8-4-6-10-20-18-22(26)12-14-24(20)29-2/h11-14,17-18,27H,3-10,15-16H2,1-2H3. The second-order valence-corrected chi connectivity index (χ2v) is 7.28. The Morgan fingerprint density at radius 1 is 0.655 bits per heavy atom. The number of unbranched alkanes of at least 4 members (excludes halogenated alkanes) is 4. The number of hydrogen-bond acceptors (Lipinski definition) is 3. The highest BCUT2D eigenvalue weighted by Crippen LogP contribution is 2.22. The lowest BCUT2D eigenvalue weighted by Crippen LogP contribution is -2.16. The normalized spacial score (nSPS) is 10.9. The van der Waals surface area contributed by atoms with Gasteiger partial charge in [0.1, 0.15) is 23.1 Å². The summed E-state index contributed by atoms with van der Waals surface area (Å²) in [6.45, 7) is 2.00. The van der Waals surface area contributed by atoms with Crippen LogP contribution < -0.4 is 14.8 Å². The molecule has 0 spiro atoms. The molecule has 0 saturated carbocycles. The molecule has 160 valence electrons. The summed E-state index contributed by atoms with van der Waals surface area (Å²) in [7, 11) is 3.24. The quantitative estimate of drug-likeness (QED) is 0.409. The van der Waals surface area contributed by atoms with Gasteiger partial charge in [0.15, 0.2) is 0 Å². The molecular weight excluding hydrogens is 372 g/mol. The lowest BCUT2D eigenvalue weighted by molar-refractivity contribution is 0.407. The van der Waals surface area contributed by atoms with Crippen molar-refractivity contribution in [2.75, 3.05) is 27.3 Å². The average Bonchev–Trinajstić information content (AvgIpc) is 2.72. The van der Waals surface area contributed by atoms with E-state index in [1.807, 2.05) is 0 Å². The van der Waals surface area contributed by atoms with Gasteiger partial charge in [-0.2, -0.15) is 0 Å². The summed E-state index contributed by atoms with van der Waals surface area (Å²) < 4.78 is 37.3. The fourth-order valence-electron chi connectivity index (χ4n) is 3.49. The van der Waals surface area contributed by atoms with E-state index in [1.54, 1.807) is 38.5 Å². The van der Waals surface area contributed by atoms with Crippen LogP contribution in [-0.2, 0) is 12.8 Å². The number of hydrogen-bond donors (Lipinski definition) is 1. The van der Waals surface area contributed by atoms with Gasteiger partial charge in [0.25, 0.3) is 0 Å². The van der Waals surface area contributed by atoms with Crippen molar-refractivity contribution in [3.05, 3.63) is 59.2 Å². The third-order valence-corrected chi connectivity index (χ3v) is 5.08. The van der Waals surface area contributed by atoms with Crippen LogP contribution in [0.5, 0.6) is 11.5 Å². The number of aryl methyl sites for hydroxylation is 2. The fourth-order valence-corrected chi connectivity index (χ4v) is 3.49. The van der Waals surface area contributed by atoms with Gasteiger partial charge in [-0.25, -0.2) is 8.78 Å². The van der Waals surface area contributed by atoms with Gasteiger partial charge in [-0.3, -0.25) is 0 Å². The molecule has 0 unspecified atom stereocenters. The average molecular weight is 406 g/mol. The Labute approximate surface area is 173 Å². The smallest absolute Gasteiger partial charge is 0.123 e. The maximum absolute atomic E-state index is 13.4. The maximum Gasteiger partial charge on any atom is 0.123 e. The van der Waals surface area contributed by atoms with E-state index in [0.29, 0.717) is 0 Å². The predicted octanol–water partition coefficient (Wildman–Crippen LogP) is 5.70. The molecule has 2 rings (SSSR count). The van der Waals surface area contributed by atoms with Crippen molar-refractivity contribution in [3.63, 3.8) is 0 Å². The molecule has 0 bridgehead atoms. The van der Waals surface area contributed by atoms with E-state index >= 15 is 0 Å². The zero-order valence-corrected chi connectivity index (χ0v) is 17.6. The first-order valence-corrected chi connectivity index (χ1v) is 10.5. The number of methoxy groups -OCH3 is 2. The van der Waals surface area contributed by atoms with E-state index in [-0.39, 0.29) is 11.6 Å².